The van der Waals surface area contributed by atoms with Crippen LogP contribution in [0.2, 0.25) is 0 Å². The monoisotopic (exact) mass is 334 g/mol. The number of nitrogens with zero attached hydrogens (tertiary/aromatic N) is 2. The number of rotatable bonds is 0. The van der Waals surface area contributed by atoms with Crippen LogP contribution in [0.5, 0.6) is 0 Å². The Hall–Kier alpha value is -3.41. The lowest BCUT2D eigenvalue weighted by molar-refractivity contribution is -0.117. The molecule has 6 heteroatoms. The maximum absolute atomic E-state index is 13.1. The van der Waals surface area contributed by atoms with Crippen LogP contribution in [0.1, 0.15) is 13.8 Å². The topological polar surface area (TPSA) is 70.8 Å². The number of benzene rings is 2. The van der Waals surface area contributed by atoms with Gasteiger partial charge in [0.25, 0.3) is 0 Å². The van der Waals surface area contributed by atoms with Gasteiger partial charge in [-0.05, 0) is 24.3 Å². The van der Waals surface area contributed by atoms with Crippen molar-refractivity contribution in [3.8, 4) is 0 Å². The SMILES string of the molecule is CC(=O)N1c2ccccc2N(C(C)=O)c2c1oc1ccccc1c2=O. The van der Waals surface area contributed by atoms with Crippen molar-refractivity contribution in [3.05, 3.63) is 58.8 Å². The Balaban J connectivity index is 2.18. The van der Waals surface area contributed by atoms with Crippen molar-refractivity contribution in [2.45, 2.75) is 13.8 Å². The lowest BCUT2D eigenvalue weighted by atomic mass is 10.1. The summed E-state index contributed by atoms with van der Waals surface area (Å²) >= 11 is 0. The second-order valence-corrected chi connectivity index (χ2v) is 5.78. The van der Waals surface area contributed by atoms with E-state index in [1.165, 1.54) is 23.6 Å². The summed E-state index contributed by atoms with van der Waals surface area (Å²) in [4.78, 5) is 40.4. The van der Waals surface area contributed by atoms with Crippen LogP contribution in [0.3, 0.4) is 0 Å². The van der Waals surface area contributed by atoms with Crippen molar-refractivity contribution in [2.24, 2.45) is 0 Å². The molecule has 2 aromatic carbocycles. The Labute approximate surface area is 142 Å². The normalized spacial score (nSPS) is 12.7. The average molecular weight is 334 g/mol. The molecule has 0 spiro atoms. The Kier molecular flexibility index (Phi) is 3.21. The third-order valence-electron chi connectivity index (χ3n) is 4.18. The minimum absolute atomic E-state index is 0.0556. The lowest BCUT2D eigenvalue weighted by Crippen LogP contribution is -2.37. The van der Waals surface area contributed by atoms with Gasteiger partial charge in [-0.25, -0.2) is 4.90 Å². The van der Waals surface area contributed by atoms with Gasteiger partial charge in [0.2, 0.25) is 23.1 Å². The fourth-order valence-electron chi connectivity index (χ4n) is 3.18. The number of carbonyl (C=O) groups is 2. The summed E-state index contributed by atoms with van der Waals surface area (Å²) in [7, 11) is 0. The van der Waals surface area contributed by atoms with Crippen LogP contribution in [-0.2, 0) is 9.59 Å². The number of amides is 2. The van der Waals surface area contributed by atoms with Crippen LogP contribution in [0.4, 0.5) is 22.9 Å². The Morgan fingerprint density at radius 2 is 1.40 bits per heavy atom. The Bertz CT molecular complexity index is 1100. The number of carbonyl (C=O) groups excluding carboxylic acids is 2. The molecule has 0 saturated carbocycles. The Morgan fingerprint density at radius 1 is 0.840 bits per heavy atom. The summed E-state index contributed by atoms with van der Waals surface area (Å²) in [5.41, 5.74) is 1.03. The molecule has 25 heavy (non-hydrogen) atoms. The van der Waals surface area contributed by atoms with E-state index in [4.69, 9.17) is 4.42 Å². The van der Waals surface area contributed by atoms with Crippen LogP contribution >= 0.6 is 0 Å². The zero-order valence-electron chi connectivity index (χ0n) is 13.6. The predicted octanol–water partition coefficient (Wildman–Crippen LogP) is 3.48. The maximum atomic E-state index is 13.1. The minimum Gasteiger partial charge on any atom is -0.437 e. The van der Waals surface area contributed by atoms with E-state index in [9.17, 15) is 14.4 Å². The molecule has 0 atom stereocenters. The molecule has 1 aromatic heterocycles. The largest absolute Gasteiger partial charge is 0.437 e. The van der Waals surface area contributed by atoms with E-state index in [0.717, 1.165) is 0 Å². The molecule has 4 rings (SSSR count). The highest BCUT2D eigenvalue weighted by molar-refractivity contribution is 6.15. The molecule has 0 unspecified atom stereocenters. The molecule has 1 aliphatic rings. The molecule has 0 bridgehead atoms. The molecule has 1 aliphatic heterocycles. The first-order valence-electron chi connectivity index (χ1n) is 7.77. The highest BCUT2D eigenvalue weighted by Crippen LogP contribution is 2.47. The van der Waals surface area contributed by atoms with Crippen molar-refractivity contribution in [3.63, 3.8) is 0 Å². The molecule has 124 valence electrons. The Morgan fingerprint density at radius 3 is 2.04 bits per heavy atom. The highest BCUT2D eigenvalue weighted by Gasteiger charge is 2.37. The number of hydrogen-bond acceptors (Lipinski definition) is 4. The summed E-state index contributed by atoms with van der Waals surface area (Å²) in [5.74, 6) is -0.583. The fraction of sp³-hybridized carbons (Fsp3) is 0.105. The molecule has 6 nitrogen and oxygen atoms in total. The zero-order chi connectivity index (χ0) is 17.7. The van der Waals surface area contributed by atoms with Crippen LogP contribution < -0.4 is 15.2 Å². The molecule has 0 saturated heterocycles. The first kappa shape index (κ1) is 15.1. The van der Waals surface area contributed by atoms with E-state index >= 15 is 0 Å². The molecule has 2 amide bonds. The van der Waals surface area contributed by atoms with Gasteiger partial charge in [0.05, 0.1) is 16.8 Å². The van der Waals surface area contributed by atoms with Crippen molar-refractivity contribution in [1.82, 2.24) is 0 Å². The van der Waals surface area contributed by atoms with E-state index in [1.807, 2.05) is 0 Å². The number of para-hydroxylation sites is 3. The third-order valence-corrected chi connectivity index (χ3v) is 4.18. The van der Waals surface area contributed by atoms with Crippen LogP contribution in [-0.4, -0.2) is 11.8 Å². The molecule has 0 radical (unpaired) electrons. The van der Waals surface area contributed by atoms with Crippen molar-refractivity contribution in [1.29, 1.82) is 0 Å². The summed E-state index contributed by atoms with van der Waals surface area (Å²) in [6.07, 6.45) is 0. The van der Waals surface area contributed by atoms with E-state index in [1.54, 1.807) is 48.5 Å². The van der Waals surface area contributed by atoms with Gasteiger partial charge >= 0.3 is 0 Å². The van der Waals surface area contributed by atoms with E-state index in [0.29, 0.717) is 22.3 Å². The molecule has 0 fully saturated rings. The lowest BCUT2D eigenvalue weighted by Gasteiger charge is -2.35. The number of fused-ring (bicyclic) bond motifs is 3. The summed E-state index contributed by atoms with van der Waals surface area (Å²) in [6.45, 7) is 2.76. The second kappa shape index (κ2) is 5.31. The van der Waals surface area contributed by atoms with Gasteiger partial charge in [-0.1, -0.05) is 24.3 Å². The smallest absolute Gasteiger partial charge is 0.235 e. The molecular formula is C19H14N2O4. The third kappa shape index (κ3) is 2.07. The van der Waals surface area contributed by atoms with Gasteiger partial charge in [-0.3, -0.25) is 19.3 Å². The van der Waals surface area contributed by atoms with E-state index in [2.05, 4.69) is 0 Å². The van der Waals surface area contributed by atoms with Gasteiger partial charge < -0.3 is 4.42 Å². The van der Waals surface area contributed by atoms with Crippen LogP contribution in [0.25, 0.3) is 11.0 Å². The van der Waals surface area contributed by atoms with Crippen molar-refractivity contribution < 1.29 is 14.0 Å². The van der Waals surface area contributed by atoms with E-state index in [-0.39, 0.29) is 28.8 Å². The summed E-state index contributed by atoms with van der Waals surface area (Å²) < 4.78 is 5.89. The number of anilines is 4. The maximum Gasteiger partial charge on any atom is 0.235 e. The average Bonchev–Trinajstić information content (AvgIpc) is 2.59. The van der Waals surface area contributed by atoms with Crippen LogP contribution in [0.15, 0.2) is 57.7 Å². The molecule has 0 N–H and O–H groups in total. The molecule has 3 aromatic rings. The quantitative estimate of drug-likeness (QED) is 0.631. The van der Waals surface area contributed by atoms with Gasteiger partial charge in [-0.2, -0.15) is 0 Å². The van der Waals surface area contributed by atoms with Crippen molar-refractivity contribution >= 4 is 45.7 Å². The highest BCUT2D eigenvalue weighted by atomic mass is 16.4. The summed E-state index contributed by atoms with van der Waals surface area (Å²) in [6, 6.07) is 13.7. The molecular weight excluding hydrogens is 320 g/mol. The fourth-order valence-corrected chi connectivity index (χ4v) is 3.18. The standard InChI is InChI=1S/C19H14N2O4/c1-11(22)20-14-8-4-5-9-15(14)21(12(2)23)19-17(20)18(24)13-7-3-6-10-16(13)25-19/h3-10H,1-2H3. The van der Waals surface area contributed by atoms with Gasteiger partial charge in [-0.15, -0.1) is 0 Å². The van der Waals surface area contributed by atoms with Crippen LogP contribution in [0, 0.1) is 0 Å². The number of hydrogen-bond donors (Lipinski definition) is 0. The first-order chi connectivity index (χ1) is 12.0. The first-order valence-corrected chi connectivity index (χ1v) is 7.77. The van der Waals surface area contributed by atoms with Crippen molar-refractivity contribution in [2.75, 3.05) is 9.80 Å². The van der Waals surface area contributed by atoms with Gasteiger partial charge in [0.15, 0.2) is 5.69 Å². The van der Waals surface area contributed by atoms with Gasteiger partial charge in [0, 0.05) is 13.8 Å². The van der Waals surface area contributed by atoms with E-state index < -0.39 is 0 Å². The molecule has 2 heterocycles. The summed E-state index contributed by atoms with van der Waals surface area (Å²) in [5, 5.41) is 0.357. The zero-order valence-corrected chi connectivity index (χ0v) is 13.6. The van der Waals surface area contributed by atoms with Gasteiger partial charge in [0.1, 0.15) is 5.58 Å². The molecule has 0 aliphatic carbocycles. The second-order valence-electron chi connectivity index (χ2n) is 5.78. The minimum atomic E-state index is -0.354. The predicted molar refractivity (Wildman–Crippen MR) is 94.6 cm³/mol.